The largest absolute Gasteiger partial charge is 0.370 e. The molecule has 0 unspecified atom stereocenters. The second-order valence-corrected chi connectivity index (χ2v) is 5.57. The summed E-state index contributed by atoms with van der Waals surface area (Å²) in [6.07, 6.45) is 0. The van der Waals surface area contributed by atoms with E-state index < -0.39 is 0 Å². The van der Waals surface area contributed by atoms with Crippen LogP contribution in [0.1, 0.15) is 11.1 Å². The highest BCUT2D eigenvalue weighted by atomic mass is 79.9. The second kappa shape index (κ2) is 6.86. The molecule has 2 aromatic carbocycles. The molecule has 0 radical (unpaired) electrons. The first kappa shape index (κ1) is 15.0. The van der Waals surface area contributed by atoms with Crippen LogP contribution in [0.5, 0.6) is 0 Å². The molecule has 0 aliphatic heterocycles. The molecule has 106 valence electrons. The number of rotatable bonds is 5. The highest BCUT2D eigenvalue weighted by molar-refractivity contribution is 9.10. The van der Waals surface area contributed by atoms with E-state index in [2.05, 4.69) is 32.2 Å². The van der Waals surface area contributed by atoms with Crippen LogP contribution in [0.25, 0.3) is 0 Å². The Morgan fingerprint density at radius 1 is 1.15 bits per heavy atom. The van der Waals surface area contributed by atoms with Crippen LogP contribution in [0, 0.1) is 5.82 Å². The van der Waals surface area contributed by atoms with Crippen LogP contribution in [0.15, 0.2) is 46.9 Å². The lowest BCUT2D eigenvalue weighted by molar-refractivity contribution is 0.599. The SMILES string of the molecule is CNCc1c(F)cccc1N(C)Cc1ccccc1Br. The molecule has 0 atom stereocenters. The molecule has 0 aliphatic carbocycles. The van der Waals surface area contributed by atoms with Crippen molar-refractivity contribution >= 4 is 21.6 Å². The molecule has 1 N–H and O–H groups in total. The molecule has 2 rings (SSSR count). The number of hydrogen-bond acceptors (Lipinski definition) is 2. The lowest BCUT2D eigenvalue weighted by atomic mass is 10.1. The monoisotopic (exact) mass is 336 g/mol. The Morgan fingerprint density at radius 3 is 2.60 bits per heavy atom. The van der Waals surface area contributed by atoms with Crippen LogP contribution in [0.2, 0.25) is 0 Å². The third kappa shape index (κ3) is 3.38. The molecule has 20 heavy (non-hydrogen) atoms. The summed E-state index contributed by atoms with van der Waals surface area (Å²) in [5.74, 6) is -0.171. The summed E-state index contributed by atoms with van der Waals surface area (Å²) >= 11 is 3.55. The predicted octanol–water partition coefficient (Wildman–Crippen LogP) is 3.94. The lowest BCUT2D eigenvalue weighted by Gasteiger charge is -2.23. The average molecular weight is 337 g/mol. The maximum atomic E-state index is 13.9. The third-order valence-electron chi connectivity index (χ3n) is 3.22. The van der Waals surface area contributed by atoms with E-state index >= 15 is 0 Å². The van der Waals surface area contributed by atoms with Gasteiger partial charge in [0.1, 0.15) is 5.82 Å². The first-order valence-corrected chi connectivity index (χ1v) is 7.29. The first-order chi connectivity index (χ1) is 9.63. The van der Waals surface area contributed by atoms with E-state index in [1.165, 1.54) is 11.6 Å². The Kier molecular flexibility index (Phi) is 5.15. The van der Waals surface area contributed by atoms with Gasteiger partial charge in [-0.15, -0.1) is 0 Å². The Balaban J connectivity index is 2.27. The molecule has 0 bridgehead atoms. The van der Waals surface area contributed by atoms with Crippen molar-refractivity contribution in [3.63, 3.8) is 0 Å². The summed E-state index contributed by atoms with van der Waals surface area (Å²) in [6, 6.07) is 13.3. The van der Waals surface area contributed by atoms with Crippen LogP contribution in [-0.4, -0.2) is 14.1 Å². The van der Waals surface area contributed by atoms with E-state index in [9.17, 15) is 4.39 Å². The summed E-state index contributed by atoms with van der Waals surface area (Å²) < 4.78 is 15.0. The van der Waals surface area contributed by atoms with E-state index in [4.69, 9.17) is 0 Å². The number of nitrogens with zero attached hydrogens (tertiary/aromatic N) is 1. The molecule has 0 aromatic heterocycles. The summed E-state index contributed by atoms with van der Waals surface area (Å²) in [5.41, 5.74) is 2.79. The van der Waals surface area contributed by atoms with Crippen molar-refractivity contribution in [2.45, 2.75) is 13.1 Å². The molecule has 0 heterocycles. The van der Waals surface area contributed by atoms with Gasteiger partial charge >= 0.3 is 0 Å². The van der Waals surface area contributed by atoms with E-state index in [1.807, 2.05) is 38.4 Å². The third-order valence-corrected chi connectivity index (χ3v) is 4.00. The number of halogens is 2. The first-order valence-electron chi connectivity index (χ1n) is 6.50. The normalized spacial score (nSPS) is 10.6. The van der Waals surface area contributed by atoms with Crippen LogP contribution in [-0.2, 0) is 13.1 Å². The Bertz CT molecular complexity index is 586. The van der Waals surface area contributed by atoms with Gasteiger partial charge in [0.05, 0.1) is 0 Å². The molecular weight excluding hydrogens is 319 g/mol. The average Bonchev–Trinajstić information content (AvgIpc) is 2.43. The van der Waals surface area contributed by atoms with Gasteiger partial charge in [-0.3, -0.25) is 0 Å². The molecule has 0 spiro atoms. The Labute approximate surface area is 127 Å². The molecule has 0 fully saturated rings. The maximum Gasteiger partial charge on any atom is 0.129 e. The zero-order valence-electron chi connectivity index (χ0n) is 11.7. The highest BCUT2D eigenvalue weighted by Gasteiger charge is 2.12. The van der Waals surface area contributed by atoms with Gasteiger partial charge in [-0.25, -0.2) is 4.39 Å². The molecular formula is C16H18BrFN2. The smallest absolute Gasteiger partial charge is 0.129 e. The van der Waals surface area contributed by atoms with Crippen molar-refractivity contribution in [3.05, 3.63) is 63.9 Å². The zero-order valence-corrected chi connectivity index (χ0v) is 13.2. The van der Waals surface area contributed by atoms with Gasteiger partial charge in [0, 0.05) is 35.9 Å². The minimum absolute atomic E-state index is 0.171. The summed E-state index contributed by atoms with van der Waals surface area (Å²) in [4.78, 5) is 2.07. The van der Waals surface area contributed by atoms with E-state index in [0.29, 0.717) is 12.1 Å². The van der Waals surface area contributed by atoms with Crippen LogP contribution >= 0.6 is 15.9 Å². The van der Waals surface area contributed by atoms with Crippen LogP contribution in [0.4, 0.5) is 10.1 Å². The van der Waals surface area contributed by atoms with Crippen molar-refractivity contribution in [1.29, 1.82) is 0 Å². The molecule has 0 saturated carbocycles. The van der Waals surface area contributed by atoms with E-state index in [1.54, 1.807) is 6.07 Å². The van der Waals surface area contributed by atoms with Crippen LogP contribution in [0.3, 0.4) is 0 Å². The van der Waals surface area contributed by atoms with Crippen LogP contribution < -0.4 is 10.2 Å². The lowest BCUT2D eigenvalue weighted by Crippen LogP contribution is -2.20. The Morgan fingerprint density at radius 2 is 1.90 bits per heavy atom. The van der Waals surface area contributed by atoms with Crippen molar-refractivity contribution < 1.29 is 4.39 Å². The fraction of sp³-hybridized carbons (Fsp3) is 0.250. The van der Waals surface area contributed by atoms with E-state index in [0.717, 1.165) is 16.7 Å². The number of benzene rings is 2. The van der Waals surface area contributed by atoms with Crippen molar-refractivity contribution in [3.8, 4) is 0 Å². The molecule has 2 aromatic rings. The fourth-order valence-corrected chi connectivity index (χ4v) is 2.63. The predicted molar refractivity (Wildman–Crippen MR) is 85.4 cm³/mol. The number of hydrogen-bond donors (Lipinski definition) is 1. The van der Waals surface area contributed by atoms with Crippen molar-refractivity contribution in [2.75, 3.05) is 19.0 Å². The fourth-order valence-electron chi connectivity index (χ4n) is 2.22. The summed E-state index contributed by atoms with van der Waals surface area (Å²) in [5, 5.41) is 3.02. The van der Waals surface area contributed by atoms with E-state index in [-0.39, 0.29) is 5.82 Å². The zero-order chi connectivity index (χ0) is 14.5. The number of nitrogens with one attached hydrogen (secondary N) is 1. The van der Waals surface area contributed by atoms with Gasteiger partial charge in [0.25, 0.3) is 0 Å². The molecule has 0 aliphatic rings. The highest BCUT2D eigenvalue weighted by Crippen LogP contribution is 2.25. The van der Waals surface area contributed by atoms with Gasteiger partial charge in [-0.1, -0.05) is 40.2 Å². The molecule has 0 amide bonds. The van der Waals surface area contributed by atoms with Gasteiger partial charge < -0.3 is 10.2 Å². The second-order valence-electron chi connectivity index (χ2n) is 4.72. The summed E-state index contributed by atoms with van der Waals surface area (Å²) in [7, 11) is 3.80. The minimum Gasteiger partial charge on any atom is -0.370 e. The van der Waals surface area contributed by atoms with Gasteiger partial charge in [0.15, 0.2) is 0 Å². The van der Waals surface area contributed by atoms with Gasteiger partial charge in [0.2, 0.25) is 0 Å². The topological polar surface area (TPSA) is 15.3 Å². The standard InChI is InChI=1S/C16H18BrFN2/c1-19-10-13-15(18)8-5-9-16(13)20(2)11-12-6-3-4-7-14(12)17/h3-9,19H,10-11H2,1-2H3. The summed E-state index contributed by atoms with van der Waals surface area (Å²) in [6.45, 7) is 1.24. The maximum absolute atomic E-state index is 13.9. The van der Waals surface area contributed by atoms with Gasteiger partial charge in [-0.05, 0) is 30.8 Å². The quantitative estimate of drug-likeness (QED) is 0.889. The van der Waals surface area contributed by atoms with Gasteiger partial charge in [-0.2, -0.15) is 0 Å². The number of anilines is 1. The van der Waals surface area contributed by atoms with Crippen molar-refractivity contribution in [2.24, 2.45) is 0 Å². The molecule has 2 nitrogen and oxygen atoms in total. The molecule has 0 saturated heterocycles. The molecule has 4 heteroatoms. The minimum atomic E-state index is -0.171. The Hall–Kier alpha value is -1.39. The van der Waals surface area contributed by atoms with Crippen molar-refractivity contribution in [1.82, 2.24) is 5.32 Å².